The molecule has 0 aromatic heterocycles. The molecule has 214 valence electrons. The Bertz CT molecular complexity index is 1430. The van der Waals surface area contributed by atoms with Crippen molar-refractivity contribution in [3.63, 3.8) is 0 Å². The lowest BCUT2D eigenvalue weighted by molar-refractivity contribution is -0.210. The Morgan fingerprint density at radius 3 is 2.33 bits per heavy atom. The number of phenols is 2. The fourth-order valence-corrected chi connectivity index (χ4v) is 6.91. The highest BCUT2D eigenvalue weighted by atomic mass is 16.5. The molecule has 0 radical (unpaired) electrons. The number of anilines is 1. The summed E-state index contributed by atoms with van der Waals surface area (Å²) >= 11 is 0. The second-order valence-corrected chi connectivity index (χ2v) is 11.2. The maximum atomic E-state index is 13.7. The summed E-state index contributed by atoms with van der Waals surface area (Å²) < 4.78 is 6.02. The van der Waals surface area contributed by atoms with E-state index in [1.807, 2.05) is 0 Å². The molecule has 2 aromatic rings. The first-order chi connectivity index (χ1) is 18.8. The third-order valence-corrected chi connectivity index (χ3v) is 8.81. The molecule has 40 heavy (non-hydrogen) atoms. The fourth-order valence-electron chi connectivity index (χ4n) is 6.91. The number of aliphatic hydroxyl groups excluding tert-OH is 1. The molecule has 8 N–H and O–H groups in total. The lowest BCUT2D eigenvalue weighted by Crippen LogP contribution is -2.71. The van der Waals surface area contributed by atoms with Crippen molar-refractivity contribution in [2.45, 2.75) is 56.0 Å². The van der Waals surface area contributed by atoms with Gasteiger partial charge in [-0.2, -0.15) is 0 Å². The monoisotopic (exact) mass is 555 g/mol. The molecule has 0 bridgehead atoms. The molecule has 0 spiro atoms. The summed E-state index contributed by atoms with van der Waals surface area (Å²) in [5.74, 6) is -9.56. The number of carbonyl (C=O) groups is 4. The molecular formula is C28H33N3O9. The number of fused-ring (bicyclic) bond motifs is 3. The van der Waals surface area contributed by atoms with Crippen LogP contribution in [0.25, 0.3) is 10.8 Å². The van der Waals surface area contributed by atoms with Crippen molar-refractivity contribution >= 4 is 39.9 Å². The molecule has 2 saturated carbocycles. The summed E-state index contributed by atoms with van der Waals surface area (Å²) in [5, 5.41) is 45.6. The van der Waals surface area contributed by atoms with Gasteiger partial charge in [-0.3, -0.25) is 24.1 Å². The Morgan fingerprint density at radius 2 is 1.73 bits per heavy atom. The van der Waals surface area contributed by atoms with E-state index >= 15 is 0 Å². The summed E-state index contributed by atoms with van der Waals surface area (Å²) in [6, 6.07) is 2.83. The van der Waals surface area contributed by atoms with E-state index in [1.54, 1.807) is 0 Å². The fraction of sp³-hybridized carbons (Fsp3) is 0.500. The van der Waals surface area contributed by atoms with E-state index in [9.17, 15) is 39.6 Å². The van der Waals surface area contributed by atoms with Crippen LogP contribution in [0.15, 0.2) is 18.2 Å². The minimum absolute atomic E-state index is 0.0873. The van der Waals surface area contributed by atoms with Gasteiger partial charge < -0.3 is 36.6 Å². The van der Waals surface area contributed by atoms with Gasteiger partial charge in [-0.15, -0.1) is 0 Å². The number of aromatic hydroxyl groups is 2. The van der Waals surface area contributed by atoms with Gasteiger partial charge in [0, 0.05) is 22.2 Å². The lowest BCUT2D eigenvalue weighted by atomic mass is 9.56. The Labute approximate surface area is 229 Å². The van der Waals surface area contributed by atoms with Crippen LogP contribution in [-0.2, 0) is 23.9 Å². The van der Waals surface area contributed by atoms with E-state index in [2.05, 4.69) is 0 Å². The minimum Gasteiger partial charge on any atom is -0.507 e. The number of esters is 1. The Balaban J connectivity index is 1.83. The van der Waals surface area contributed by atoms with Crippen molar-refractivity contribution in [1.82, 2.24) is 4.90 Å². The van der Waals surface area contributed by atoms with Crippen molar-refractivity contribution in [3.05, 3.63) is 29.3 Å². The second kappa shape index (κ2) is 9.72. The molecule has 1 amide bonds. The number of nitrogens with two attached hydrogens (primary N) is 2. The van der Waals surface area contributed by atoms with Crippen molar-refractivity contribution in [3.8, 4) is 11.5 Å². The summed E-state index contributed by atoms with van der Waals surface area (Å²) in [6.45, 7) is 0. The number of phenolic OH excluding ortho intramolecular Hbond substituents is 2. The molecule has 0 saturated heterocycles. The first-order valence-electron chi connectivity index (χ1n) is 13.2. The first-order valence-corrected chi connectivity index (χ1v) is 13.2. The zero-order chi connectivity index (χ0) is 29.3. The van der Waals surface area contributed by atoms with Crippen molar-refractivity contribution < 1.29 is 44.3 Å². The SMILES string of the molecule is CN(C)[C@@H]1C(=O)C(C(N)=O)C(=O)[C@@]2(O)C(O)c3c(c(N)c4cccc(O)c4c3O)[C@H](OC(=O)C3CCCCC3)[C@@H]12. The minimum atomic E-state index is -2.91. The molecule has 6 atom stereocenters. The number of ether oxygens (including phenoxy) is 1. The van der Waals surface area contributed by atoms with Crippen LogP contribution in [0.5, 0.6) is 11.5 Å². The summed E-state index contributed by atoms with van der Waals surface area (Å²) in [4.78, 5) is 54.4. The zero-order valence-electron chi connectivity index (χ0n) is 22.2. The number of carbonyl (C=O) groups excluding carboxylic acids is 4. The Kier molecular flexibility index (Phi) is 6.76. The highest BCUT2D eigenvalue weighted by Gasteiger charge is 2.69. The number of aliphatic hydroxyl groups is 2. The van der Waals surface area contributed by atoms with Gasteiger partial charge >= 0.3 is 5.97 Å². The first kappa shape index (κ1) is 27.8. The number of hydrogen-bond donors (Lipinski definition) is 6. The van der Waals surface area contributed by atoms with Crippen molar-refractivity contribution in [1.29, 1.82) is 0 Å². The van der Waals surface area contributed by atoms with Gasteiger partial charge in [0.05, 0.1) is 23.3 Å². The van der Waals surface area contributed by atoms with Crippen LogP contribution < -0.4 is 11.5 Å². The van der Waals surface area contributed by atoms with Gasteiger partial charge in [0.25, 0.3) is 0 Å². The number of hydrogen-bond acceptors (Lipinski definition) is 11. The van der Waals surface area contributed by atoms with E-state index in [1.165, 1.54) is 37.2 Å². The maximum absolute atomic E-state index is 13.7. The van der Waals surface area contributed by atoms with Crippen LogP contribution in [0.1, 0.15) is 55.4 Å². The predicted octanol–water partition coefficient (Wildman–Crippen LogP) is 0.576. The molecule has 12 heteroatoms. The van der Waals surface area contributed by atoms with Crippen LogP contribution in [-0.4, -0.2) is 74.5 Å². The highest BCUT2D eigenvalue weighted by Crippen LogP contribution is 2.59. The number of nitrogen functional groups attached to an aromatic ring is 1. The quantitative estimate of drug-likeness (QED) is 0.133. The third-order valence-electron chi connectivity index (χ3n) is 8.81. The van der Waals surface area contributed by atoms with Crippen LogP contribution in [0.2, 0.25) is 0 Å². The number of primary amides is 1. The van der Waals surface area contributed by atoms with Crippen LogP contribution in [0.4, 0.5) is 5.69 Å². The van der Waals surface area contributed by atoms with Crippen molar-refractivity contribution in [2.24, 2.45) is 23.5 Å². The van der Waals surface area contributed by atoms with Gasteiger partial charge in [0.15, 0.2) is 23.1 Å². The number of ketones is 2. The third kappa shape index (κ3) is 3.77. The lowest BCUT2D eigenvalue weighted by Gasteiger charge is -2.54. The molecule has 2 fully saturated rings. The van der Waals surface area contributed by atoms with Gasteiger partial charge in [0.1, 0.15) is 23.7 Å². The smallest absolute Gasteiger partial charge is 0.309 e. The Hall–Kier alpha value is -3.74. The molecule has 0 aliphatic heterocycles. The molecule has 5 rings (SSSR count). The van der Waals surface area contributed by atoms with E-state index in [4.69, 9.17) is 16.2 Å². The summed E-state index contributed by atoms with van der Waals surface area (Å²) in [7, 11) is 2.94. The van der Waals surface area contributed by atoms with E-state index < -0.39 is 82.1 Å². The van der Waals surface area contributed by atoms with E-state index in [0.29, 0.717) is 12.8 Å². The number of likely N-dealkylation sites (N-methyl/N-ethyl adjacent to an activating group) is 1. The number of nitrogens with zero attached hydrogens (tertiary/aromatic N) is 1. The highest BCUT2D eigenvalue weighted by molar-refractivity contribution is 6.24. The van der Waals surface area contributed by atoms with Gasteiger partial charge in [-0.05, 0) is 33.0 Å². The number of amides is 1. The Morgan fingerprint density at radius 1 is 1.07 bits per heavy atom. The topological polar surface area (TPSA) is 214 Å². The predicted molar refractivity (Wildman–Crippen MR) is 141 cm³/mol. The molecule has 0 heterocycles. The largest absolute Gasteiger partial charge is 0.507 e. The normalized spacial score (nSPS) is 30.7. The summed E-state index contributed by atoms with van der Waals surface area (Å²) in [5.41, 5.74) is 8.43. The van der Waals surface area contributed by atoms with Gasteiger partial charge in [-0.25, -0.2) is 0 Å². The zero-order valence-corrected chi connectivity index (χ0v) is 22.2. The standard InChI is InChI=1S/C28H33N3O9/c1-31(2)20-18-23(40-27(38)11-7-4-3-5-8-11)15-16(21(33)14-12(19(15)29)9-6-10-13(14)32)24(35)28(18,39)25(36)17(22(20)34)26(30)37/h6,9-11,17-18,20,23-24,32-33,35,39H,3-5,7-8,29H2,1-2H3,(H2,30,37)/t17?,18-,20+,23+,24?,28+/m1/s1. The molecule has 2 aromatic carbocycles. The van der Waals surface area contributed by atoms with Crippen LogP contribution in [0.3, 0.4) is 0 Å². The maximum Gasteiger partial charge on any atom is 0.309 e. The average Bonchev–Trinajstić information content (AvgIpc) is 2.90. The molecule has 3 aliphatic carbocycles. The second-order valence-electron chi connectivity index (χ2n) is 11.2. The van der Waals surface area contributed by atoms with Gasteiger partial charge in [-0.1, -0.05) is 31.4 Å². The van der Waals surface area contributed by atoms with E-state index in [-0.39, 0.29) is 22.0 Å². The summed E-state index contributed by atoms with van der Waals surface area (Å²) in [6.07, 6.45) is -0.143. The van der Waals surface area contributed by atoms with Gasteiger partial charge in [0.2, 0.25) is 5.91 Å². The number of benzene rings is 2. The molecule has 12 nitrogen and oxygen atoms in total. The van der Waals surface area contributed by atoms with Crippen molar-refractivity contribution in [2.75, 3.05) is 19.8 Å². The molecular weight excluding hydrogens is 522 g/mol. The molecule has 2 unspecified atom stereocenters. The number of rotatable bonds is 4. The van der Waals surface area contributed by atoms with Crippen LogP contribution >= 0.6 is 0 Å². The average molecular weight is 556 g/mol. The molecule has 3 aliphatic rings. The van der Waals surface area contributed by atoms with Crippen LogP contribution in [0, 0.1) is 17.8 Å². The van der Waals surface area contributed by atoms with E-state index in [0.717, 1.165) is 19.3 Å². The number of Topliss-reactive ketones (excluding diaryl/α,β-unsaturated/α-hetero) is 2.